The number of H-pyrrole nitrogens is 1. The van der Waals surface area contributed by atoms with E-state index in [-0.39, 0.29) is 28.9 Å². The molecule has 0 aliphatic carbocycles. The van der Waals surface area contributed by atoms with Crippen LogP contribution < -0.4 is 0 Å². The summed E-state index contributed by atoms with van der Waals surface area (Å²) >= 11 is 3.20. The van der Waals surface area contributed by atoms with E-state index in [9.17, 15) is 18.8 Å². The van der Waals surface area contributed by atoms with Crippen LogP contribution >= 0.6 is 15.9 Å². The van der Waals surface area contributed by atoms with E-state index in [4.69, 9.17) is 4.74 Å². The number of hydrogen-bond donors (Lipinski definition) is 1. The lowest BCUT2D eigenvalue weighted by Crippen LogP contribution is -2.42. The van der Waals surface area contributed by atoms with Crippen LogP contribution in [0, 0.1) is 11.7 Å². The minimum Gasteiger partial charge on any atom is -0.444 e. The summed E-state index contributed by atoms with van der Waals surface area (Å²) in [5.41, 5.74) is -0.0421. The van der Waals surface area contributed by atoms with Crippen molar-refractivity contribution in [2.75, 3.05) is 13.1 Å². The average molecular weight is 493 g/mol. The van der Waals surface area contributed by atoms with Crippen LogP contribution in [0.5, 0.6) is 0 Å². The summed E-state index contributed by atoms with van der Waals surface area (Å²) in [7, 11) is 0. The number of benzene rings is 1. The fourth-order valence-electron chi connectivity index (χ4n) is 3.56. The zero-order valence-corrected chi connectivity index (χ0v) is 19.4. The van der Waals surface area contributed by atoms with E-state index in [0.29, 0.717) is 42.5 Å². The molecule has 1 aromatic carbocycles. The van der Waals surface area contributed by atoms with E-state index >= 15 is 0 Å². The molecule has 0 saturated carbocycles. The first-order valence-corrected chi connectivity index (χ1v) is 11.0. The number of carbonyl (C=O) groups is 3. The lowest BCUT2D eigenvalue weighted by molar-refractivity contribution is 0.0183. The van der Waals surface area contributed by atoms with Crippen LogP contribution in [0.2, 0.25) is 0 Å². The topological polar surface area (TPSA) is 79.5 Å². The fourth-order valence-corrected chi connectivity index (χ4v) is 4.09. The van der Waals surface area contributed by atoms with Crippen molar-refractivity contribution in [1.82, 2.24) is 9.88 Å². The van der Waals surface area contributed by atoms with Crippen molar-refractivity contribution in [3.8, 4) is 0 Å². The lowest BCUT2D eigenvalue weighted by atomic mass is 9.91. The van der Waals surface area contributed by atoms with E-state index in [2.05, 4.69) is 20.9 Å². The fraction of sp³-hybridized carbons (Fsp3) is 0.435. The molecular formula is C23H26BrFN2O4. The Kier molecular flexibility index (Phi) is 6.99. The number of hydrogen-bond acceptors (Lipinski definition) is 4. The van der Waals surface area contributed by atoms with Crippen LogP contribution in [-0.4, -0.2) is 46.2 Å². The van der Waals surface area contributed by atoms with Gasteiger partial charge in [-0.2, -0.15) is 0 Å². The Morgan fingerprint density at radius 2 is 1.90 bits per heavy atom. The summed E-state index contributed by atoms with van der Waals surface area (Å²) in [6.07, 6.45) is 2.84. The van der Waals surface area contributed by atoms with Gasteiger partial charge in [-0.15, -0.1) is 0 Å². The molecule has 0 atom stereocenters. The number of rotatable bonds is 5. The number of halogens is 2. The second-order valence-electron chi connectivity index (χ2n) is 8.77. The normalized spacial score (nSPS) is 15.1. The van der Waals surface area contributed by atoms with Crippen LogP contribution in [0.15, 0.2) is 34.9 Å². The molecule has 1 fully saturated rings. The number of nitrogens with zero attached hydrogens (tertiary/aromatic N) is 1. The molecule has 8 heteroatoms. The predicted octanol–water partition coefficient (Wildman–Crippen LogP) is 5.37. The molecule has 2 aromatic rings. The van der Waals surface area contributed by atoms with Crippen LogP contribution in [-0.2, 0) is 4.74 Å². The molecule has 0 bridgehead atoms. The molecule has 0 unspecified atom stereocenters. The van der Waals surface area contributed by atoms with Gasteiger partial charge in [0.1, 0.15) is 11.4 Å². The molecule has 31 heavy (non-hydrogen) atoms. The highest BCUT2D eigenvalue weighted by molar-refractivity contribution is 9.10. The third-order valence-electron chi connectivity index (χ3n) is 5.18. The highest BCUT2D eigenvalue weighted by Crippen LogP contribution is 2.26. The molecule has 1 amide bonds. The van der Waals surface area contributed by atoms with E-state index in [0.717, 1.165) is 0 Å². The second-order valence-corrected chi connectivity index (χ2v) is 9.62. The monoisotopic (exact) mass is 492 g/mol. The quantitative estimate of drug-likeness (QED) is 0.569. The summed E-state index contributed by atoms with van der Waals surface area (Å²) in [5.74, 6) is -1.08. The van der Waals surface area contributed by atoms with E-state index in [1.165, 1.54) is 24.4 Å². The standard InChI is InChI=1S/C23H26BrFN2O4/c1-23(2,3)31-22(30)27-9-7-14(8-10-27)11-19(28)18-12-15(13-26-18)21(29)20-16(24)5-4-6-17(20)25/h4-6,12-14,26H,7-11H2,1-3H3. The first-order valence-electron chi connectivity index (χ1n) is 10.2. The number of ketones is 2. The van der Waals surface area contributed by atoms with Gasteiger partial charge in [0.25, 0.3) is 0 Å². The highest BCUT2D eigenvalue weighted by atomic mass is 79.9. The van der Waals surface area contributed by atoms with Gasteiger partial charge >= 0.3 is 6.09 Å². The molecular weight excluding hydrogens is 467 g/mol. The summed E-state index contributed by atoms with van der Waals surface area (Å²) in [6.45, 7) is 6.58. The van der Waals surface area contributed by atoms with Gasteiger partial charge in [-0.05, 0) is 73.7 Å². The van der Waals surface area contributed by atoms with Crippen molar-refractivity contribution in [1.29, 1.82) is 0 Å². The Hall–Kier alpha value is -2.48. The molecule has 1 aromatic heterocycles. The maximum atomic E-state index is 14.1. The zero-order valence-electron chi connectivity index (χ0n) is 17.8. The van der Waals surface area contributed by atoms with Crippen LogP contribution in [0.25, 0.3) is 0 Å². The summed E-state index contributed by atoms with van der Waals surface area (Å²) in [5, 5.41) is 0. The molecule has 1 aliphatic rings. The van der Waals surface area contributed by atoms with Crippen LogP contribution in [0.4, 0.5) is 9.18 Å². The van der Waals surface area contributed by atoms with Crippen molar-refractivity contribution < 1.29 is 23.5 Å². The first-order chi connectivity index (χ1) is 14.5. The number of aromatic nitrogens is 1. The average Bonchev–Trinajstić information content (AvgIpc) is 3.17. The van der Waals surface area contributed by atoms with Crippen molar-refractivity contribution in [3.05, 3.63) is 57.6 Å². The van der Waals surface area contributed by atoms with Gasteiger partial charge < -0.3 is 14.6 Å². The highest BCUT2D eigenvalue weighted by Gasteiger charge is 2.28. The molecule has 6 nitrogen and oxygen atoms in total. The predicted molar refractivity (Wildman–Crippen MR) is 118 cm³/mol. The van der Waals surface area contributed by atoms with Gasteiger partial charge in [0, 0.05) is 35.7 Å². The third-order valence-corrected chi connectivity index (χ3v) is 5.84. The smallest absolute Gasteiger partial charge is 0.410 e. The Morgan fingerprint density at radius 3 is 2.52 bits per heavy atom. The number of ether oxygens (including phenoxy) is 1. The Labute approximate surface area is 189 Å². The molecule has 1 saturated heterocycles. The van der Waals surface area contributed by atoms with Gasteiger partial charge in [0.15, 0.2) is 11.6 Å². The van der Waals surface area contributed by atoms with Crippen LogP contribution in [0.1, 0.15) is 66.4 Å². The zero-order chi connectivity index (χ0) is 22.8. The SMILES string of the molecule is CC(C)(C)OC(=O)N1CCC(CC(=O)c2cc(C(=O)c3c(F)cccc3Br)c[nH]2)CC1. The molecule has 1 aliphatic heterocycles. The van der Waals surface area contributed by atoms with Gasteiger partial charge in [0.05, 0.1) is 11.3 Å². The second kappa shape index (κ2) is 9.34. The number of carbonyl (C=O) groups excluding carboxylic acids is 3. The van der Waals surface area contributed by atoms with Gasteiger partial charge in [0.2, 0.25) is 0 Å². The molecule has 0 spiro atoms. The molecule has 0 radical (unpaired) electrons. The first kappa shape index (κ1) is 23.2. The Bertz CT molecular complexity index is 967. The molecule has 2 heterocycles. The lowest BCUT2D eigenvalue weighted by Gasteiger charge is -2.33. The minimum absolute atomic E-state index is 0.0602. The molecule has 166 valence electrons. The largest absolute Gasteiger partial charge is 0.444 e. The maximum absolute atomic E-state index is 14.1. The van der Waals surface area contributed by atoms with Crippen molar-refractivity contribution in [3.63, 3.8) is 0 Å². The minimum atomic E-state index is -0.620. The summed E-state index contributed by atoms with van der Waals surface area (Å²) < 4.78 is 19.8. The van der Waals surface area contributed by atoms with E-state index in [1.54, 1.807) is 11.0 Å². The number of amides is 1. The third kappa shape index (κ3) is 5.81. The Morgan fingerprint density at radius 1 is 1.23 bits per heavy atom. The van der Waals surface area contributed by atoms with Crippen LogP contribution in [0.3, 0.4) is 0 Å². The van der Waals surface area contributed by atoms with Crippen molar-refractivity contribution in [2.45, 2.75) is 45.6 Å². The molecule has 3 rings (SSSR count). The van der Waals surface area contributed by atoms with E-state index < -0.39 is 17.2 Å². The van der Waals surface area contributed by atoms with Gasteiger partial charge in [-0.3, -0.25) is 9.59 Å². The number of piperidine rings is 1. The maximum Gasteiger partial charge on any atom is 0.410 e. The summed E-state index contributed by atoms with van der Waals surface area (Å²) in [6, 6.07) is 5.80. The van der Waals surface area contributed by atoms with Gasteiger partial charge in [-0.25, -0.2) is 9.18 Å². The number of Topliss-reactive ketones (excluding diaryl/α,β-unsaturated/α-hetero) is 1. The number of aromatic amines is 1. The summed E-state index contributed by atoms with van der Waals surface area (Å²) in [4.78, 5) is 42.0. The Balaban J connectivity index is 1.58. The number of nitrogens with one attached hydrogen (secondary N) is 1. The number of likely N-dealkylation sites (tertiary alicyclic amines) is 1. The van der Waals surface area contributed by atoms with E-state index in [1.807, 2.05) is 20.8 Å². The molecule has 1 N–H and O–H groups in total. The van der Waals surface area contributed by atoms with Crippen molar-refractivity contribution in [2.24, 2.45) is 5.92 Å². The van der Waals surface area contributed by atoms with Crippen molar-refractivity contribution >= 4 is 33.6 Å². The van der Waals surface area contributed by atoms with Gasteiger partial charge in [-0.1, -0.05) is 6.07 Å².